The van der Waals surface area contributed by atoms with Crippen LogP contribution in [0.5, 0.6) is 0 Å². The monoisotopic (exact) mass is 134 g/mol. The summed E-state index contributed by atoms with van der Waals surface area (Å²) >= 11 is 1.33. The minimum atomic E-state index is 0.222. The van der Waals surface area contributed by atoms with E-state index < -0.39 is 0 Å². The van der Waals surface area contributed by atoms with Crippen molar-refractivity contribution in [3.05, 3.63) is 0 Å². The van der Waals surface area contributed by atoms with Gasteiger partial charge in [0.25, 0.3) is 0 Å². The second-order valence-corrected chi connectivity index (χ2v) is 3.20. The van der Waals surface area contributed by atoms with Gasteiger partial charge in [-0.05, 0) is 0 Å². The number of nitrogens with two attached hydrogens (primary N) is 1. The molecule has 0 heterocycles. The van der Waals surface area contributed by atoms with Crippen LogP contribution in [-0.4, -0.2) is 15.6 Å². The molecule has 0 aromatic heterocycles. The second kappa shape index (κ2) is 3.60. The van der Waals surface area contributed by atoms with Crippen LogP contribution in [0, 0.1) is 0 Å². The van der Waals surface area contributed by atoms with Crippen LogP contribution in [0.4, 0.5) is 0 Å². The molecule has 0 aromatic rings. The Morgan fingerprint density at radius 3 is 2.38 bits per heavy atom. The van der Waals surface area contributed by atoms with Crippen LogP contribution in [0.25, 0.3) is 0 Å². The lowest BCUT2D eigenvalue weighted by molar-refractivity contribution is 0.320. The van der Waals surface area contributed by atoms with Crippen LogP contribution in [0.2, 0.25) is 0 Å². The maximum Gasteiger partial charge on any atom is 0.197 e. The van der Waals surface area contributed by atoms with E-state index in [-0.39, 0.29) is 5.17 Å². The molecule has 0 saturated carbocycles. The summed E-state index contributed by atoms with van der Waals surface area (Å²) in [6, 6.07) is 0. The van der Waals surface area contributed by atoms with Crippen LogP contribution < -0.4 is 5.73 Å². The highest BCUT2D eigenvalue weighted by Gasteiger charge is 1.96. The number of nitrogens with zero attached hydrogens (tertiary/aromatic N) is 1. The van der Waals surface area contributed by atoms with Gasteiger partial charge in [0.1, 0.15) is 0 Å². The molecule has 0 fully saturated rings. The lowest BCUT2D eigenvalue weighted by Gasteiger charge is -1.98. The van der Waals surface area contributed by atoms with E-state index in [1.54, 1.807) is 0 Å². The maximum atomic E-state index is 8.03. The highest BCUT2D eigenvalue weighted by Crippen LogP contribution is 2.07. The van der Waals surface area contributed by atoms with E-state index in [2.05, 4.69) is 5.16 Å². The summed E-state index contributed by atoms with van der Waals surface area (Å²) in [6.45, 7) is 3.95. The summed E-state index contributed by atoms with van der Waals surface area (Å²) in [6.07, 6.45) is 0. The fourth-order valence-corrected chi connectivity index (χ4v) is 0.795. The molecule has 0 amide bonds. The topological polar surface area (TPSA) is 58.6 Å². The zero-order chi connectivity index (χ0) is 6.57. The molecule has 0 aliphatic carbocycles. The van der Waals surface area contributed by atoms with E-state index in [0.717, 1.165) is 0 Å². The summed E-state index contributed by atoms with van der Waals surface area (Å²) in [5.74, 6) is 0. The van der Waals surface area contributed by atoms with E-state index >= 15 is 0 Å². The Morgan fingerprint density at radius 2 is 2.25 bits per heavy atom. The van der Waals surface area contributed by atoms with Crippen molar-refractivity contribution in [3.63, 3.8) is 0 Å². The van der Waals surface area contributed by atoms with E-state index in [1.807, 2.05) is 13.8 Å². The molecule has 3 nitrogen and oxygen atoms in total. The highest BCUT2D eigenvalue weighted by atomic mass is 32.2. The molecule has 0 bridgehead atoms. The third-order valence-corrected chi connectivity index (χ3v) is 1.25. The molecular weight excluding hydrogens is 124 g/mol. The van der Waals surface area contributed by atoms with Crippen molar-refractivity contribution in [1.29, 1.82) is 0 Å². The molecule has 8 heavy (non-hydrogen) atoms. The first-order valence-corrected chi connectivity index (χ1v) is 3.19. The first-order valence-electron chi connectivity index (χ1n) is 2.31. The summed E-state index contributed by atoms with van der Waals surface area (Å²) in [5, 5.41) is 11.4. The molecular formula is C4H10N2OS. The average Bonchev–Trinajstić information content (AvgIpc) is 1.65. The van der Waals surface area contributed by atoms with E-state index in [0.29, 0.717) is 5.25 Å². The van der Waals surface area contributed by atoms with Crippen molar-refractivity contribution < 1.29 is 5.21 Å². The van der Waals surface area contributed by atoms with Crippen LogP contribution in [-0.2, 0) is 0 Å². The van der Waals surface area contributed by atoms with Gasteiger partial charge in [0.2, 0.25) is 0 Å². The Balaban J connectivity index is 3.39. The number of amidine groups is 1. The minimum absolute atomic E-state index is 0.222. The summed E-state index contributed by atoms with van der Waals surface area (Å²) in [4.78, 5) is 0. The molecule has 0 rings (SSSR count). The normalized spacial score (nSPS) is 12.6. The van der Waals surface area contributed by atoms with Crippen molar-refractivity contribution in [2.45, 2.75) is 19.1 Å². The third-order valence-electron chi connectivity index (χ3n) is 0.455. The number of rotatable bonds is 1. The van der Waals surface area contributed by atoms with Crippen molar-refractivity contribution in [3.8, 4) is 0 Å². The predicted molar refractivity (Wildman–Crippen MR) is 36.1 cm³/mol. The fourth-order valence-electron chi connectivity index (χ4n) is 0.265. The Kier molecular flexibility index (Phi) is 3.43. The zero-order valence-electron chi connectivity index (χ0n) is 4.96. The first-order chi connectivity index (χ1) is 3.66. The van der Waals surface area contributed by atoms with Crippen molar-refractivity contribution in [2.24, 2.45) is 10.9 Å². The second-order valence-electron chi connectivity index (χ2n) is 1.60. The highest BCUT2D eigenvalue weighted by molar-refractivity contribution is 8.14. The lowest BCUT2D eigenvalue weighted by atomic mass is 10.6. The van der Waals surface area contributed by atoms with Crippen molar-refractivity contribution in [1.82, 2.24) is 0 Å². The van der Waals surface area contributed by atoms with Gasteiger partial charge in [0, 0.05) is 5.25 Å². The smallest absolute Gasteiger partial charge is 0.197 e. The quantitative estimate of drug-likeness (QED) is 0.242. The SMILES string of the molecule is CC(C)S/C(N)=N/O. The van der Waals surface area contributed by atoms with Gasteiger partial charge in [-0.25, -0.2) is 0 Å². The zero-order valence-corrected chi connectivity index (χ0v) is 5.77. The molecule has 4 heteroatoms. The van der Waals surface area contributed by atoms with Gasteiger partial charge in [-0.15, -0.1) is 0 Å². The minimum Gasteiger partial charge on any atom is -0.409 e. The van der Waals surface area contributed by atoms with Crippen molar-refractivity contribution in [2.75, 3.05) is 0 Å². The Hall–Kier alpha value is -0.380. The van der Waals surface area contributed by atoms with Gasteiger partial charge in [0.15, 0.2) is 5.17 Å². The van der Waals surface area contributed by atoms with Gasteiger partial charge in [-0.3, -0.25) is 0 Å². The Morgan fingerprint density at radius 1 is 1.75 bits per heavy atom. The largest absolute Gasteiger partial charge is 0.409 e. The fraction of sp³-hybridized carbons (Fsp3) is 0.750. The van der Waals surface area contributed by atoms with Crippen LogP contribution in [0.3, 0.4) is 0 Å². The molecule has 0 aromatic carbocycles. The molecule has 3 N–H and O–H groups in total. The van der Waals surface area contributed by atoms with E-state index in [1.165, 1.54) is 11.8 Å². The molecule has 0 unspecified atom stereocenters. The summed E-state index contributed by atoms with van der Waals surface area (Å²) in [5.41, 5.74) is 5.14. The van der Waals surface area contributed by atoms with Gasteiger partial charge >= 0.3 is 0 Å². The summed E-state index contributed by atoms with van der Waals surface area (Å²) < 4.78 is 0. The molecule has 0 saturated heterocycles. The number of hydrogen-bond acceptors (Lipinski definition) is 3. The van der Waals surface area contributed by atoms with Crippen molar-refractivity contribution >= 4 is 16.9 Å². The number of thioether (sulfide) groups is 1. The van der Waals surface area contributed by atoms with Gasteiger partial charge in [0.05, 0.1) is 0 Å². The predicted octanol–water partition coefficient (Wildman–Crippen LogP) is 0.832. The standard InChI is InChI=1S/C4H10N2OS/c1-3(2)8-4(5)6-7/h3,7H,1-2H3,(H2,5,6). The summed E-state index contributed by atoms with van der Waals surface area (Å²) in [7, 11) is 0. The third kappa shape index (κ3) is 3.80. The molecule has 0 atom stereocenters. The number of hydrogen-bond donors (Lipinski definition) is 2. The van der Waals surface area contributed by atoms with Gasteiger partial charge in [-0.2, -0.15) is 0 Å². The molecule has 0 spiro atoms. The van der Waals surface area contributed by atoms with E-state index in [9.17, 15) is 0 Å². The average molecular weight is 134 g/mol. The number of oxime groups is 1. The Labute approximate surface area is 52.9 Å². The van der Waals surface area contributed by atoms with Crippen LogP contribution in [0.1, 0.15) is 13.8 Å². The first kappa shape index (κ1) is 7.62. The molecule has 0 aliphatic heterocycles. The molecule has 48 valence electrons. The van der Waals surface area contributed by atoms with Gasteiger partial charge < -0.3 is 10.9 Å². The van der Waals surface area contributed by atoms with Crippen LogP contribution >= 0.6 is 11.8 Å². The van der Waals surface area contributed by atoms with Crippen LogP contribution in [0.15, 0.2) is 5.16 Å². The molecule has 0 radical (unpaired) electrons. The maximum absolute atomic E-state index is 8.03. The molecule has 0 aliphatic rings. The van der Waals surface area contributed by atoms with Gasteiger partial charge in [-0.1, -0.05) is 30.8 Å². The Bertz CT molecular complexity index is 92.0. The lowest BCUT2D eigenvalue weighted by Crippen LogP contribution is -2.09. The van der Waals surface area contributed by atoms with E-state index in [4.69, 9.17) is 10.9 Å².